The largest absolute Gasteiger partial charge is 0.392 e. The molecule has 0 aliphatic heterocycles. The molecule has 1 aromatic rings. The maximum atomic E-state index is 10.5. The van der Waals surface area contributed by atoms with Gasteiger partial charge in [-0.05, 0) is 70.1 Å². The van der Waals surface area contributed by atoms with Gasteiger partial charge in [-0.15, -0.1) is 0 Å². The highest BCUT2D eigenvalue weighted by atomic mass is 16.3. The molecule has 1 saturated carbocycles. The fourth-order valence-corrected chi connectivity index (χ4v) is 4.74. The topological polar surface area (TPSA) is 43.7 Å². The van der Waals surface area contributed by atoms with Gasteiger partial charge in [0.1, 0.15) is 0 Å². The molecule has 0 aromatic heterocycles. The summed E-state index contributed by atoms with van der Waals surface area (Å²) >= 11 is 0. The third-order valence-corrected chi connectivity index (χ3v) is 6.21. The zero-order valence-electron chi connectivity index (χ0n) is 16.8. The monoisotopic (exact) mass is 369 g/mol. The van der Waals surface area contributed by atoms with E-state index in [1.807, 2.05) is 36.4 Å². The molecule has 0 saturated heterocycles. The molecule has 0 bridgehead atoms. The second-order valence-corrected chi connectivity index (χ2v) is 8.59. The standard InChI is InChI=1S/C24H35NO2/c1-25(2)14-8-4-5-9-18-15-20-17-24(27)21(22(20)16-18)12-13-23(26)19-10-6-3-7-11-19/h3,6-7,10-13,15,20-24,26-27H,4-5,8-9,14,16-17H2,1-2H3/t20-,21+,22-,23-,24+/m0/s1. The van der Waals surface area contributed by atoms with Crippen molar-refractivity contribution in [3.63, 3.8) is 0 Å². The molecule has 0 radical (unpaired) electrons. The zero-order chi connectivity index (χ0) is 19.2. The van der Waals surface area contributed by atoms with Crippen molar-refractivity contribution in [2.24, 2.45) is 17.8 Å². The second kappa shape index (κ2) is 9.68. The minimum Gasteiger partial charge on any atom is -0.392 e. The Morgan fingerprint density at radius 2 is 1.93 bits per heavy atom. The number of fused-ring (bicyclic) bond motifs is 1. The van der Waals surface area contributed by atoms with E-state index in [1.165, 1.54) is 32.2 Å². The number of benzene rings is 1. The van der Waals surface area contributed by atoms with Gasteiger partial charge in [0.15, 0.2) is 0 Å². The molecule has 0 heterocycles. The van der Waals surface area contributed by atoms with Crippen LogP contribution in [0.25, 0.3) is 0 Å². The summed E-state index contributed by atoms with van der Waals surface area (Å²) in [5.74, 6) is 1.19. The van der Waals surface area contributed by atoms with Crippen molar-refractivity contribution in [2.45, 2.75) is 50.7 Å². The van der Waals surface area contributed by atoms with E-state index >= 15 is 0 Å². The molecule has 0 amide bonds. The van der Waals surface area contributed by atoms with E-state index in [2.05, 4.69) is 31.1 Å². The van der Waals surface area contributed by atoms with Crippen molar-refractivity contribution in [2.75, 3.05) is 20.6 Å². The van der Waals surface area contributed by atoms with Gasteiger partial charge in [0.05, 0.1) is 12.2 Å². The third-order valence-electron chi connectivity index (χ3n) is 6.21. The Labute approximate surface area is 164 Å². The van der Waals surface area contributed by atoms with E-state index in [9.17, 15) is 10.2 Å². The quantitative estimate of drug-likeness (QED) is 0.503. The molecular formula is C24H35NO2. The average Bonchev–Trinajstić information content (AvgIpc) is 3.16. The highest BCUT2D eigenvalue weighted by molar-refractivity contribution is 5.24. The predicted molar refractivity (Wildman–Crippen MR) is 111 cm³/mol. The van der Waals surface area contributed by atoms with E-state index < -0.39 is 6.10 Å². The molecule has 0 unspecified atom stereocenters. The summed E-state index contributed by atoms with van der Waals surface area (Å²) in [4.78, 5) is 2.25. The lowest BCUT2D eigenvalue weighted by molar-refractivity contribution is 0.140. The minimum absolute atomic E-state index is 0.163. The zero-order valence-corrected chi connectivity index (χ0v) is 16.8. The van der Waals surface area contributed by atoms with Crippen LogP contribution >= 0.6 is 0 Å². The summed E-state index contributed by atoms with van der Waals surface area (Å²) in [5, 5.41) is 20.9. The molecular weight excluding hydrogens is 334 g/mol. The molecule has 1 fully saturated rings. The van der Waals surface area contributed by atoms with Crippen LogP contribution < -0.4 is 0 Å². The van der Waals surface area contributed by atoms with Gasteiger partial charge in [-0.3, -0.25) is 0 Å². The van der Waals surface area contributed by atoms with Gasteiger partial charge < -0.3 is 15.1 Å². The first-order chi connectivity index (χ1) is 13.0. The van der Waals surface area contributed by atoms with E-state index in [1.54, 1.807) is 5.57 Å². The van der Waals surface area contributed by atoms with E-state index in [0.717, 1.165) is 18.4 Å². The smallest absolute Gasteiger partial charge is 0.0971 e. The Morgan fingerprint density at radius 1 is 1.15 bits per heavy atom. The van der Waals surface area contributed by atoms with Gasteiger partial charge in [0.2, 0.25) is 0 Å². The highest BCUT2D eigenvalue weighted by Crippen LogP contribution is 2.48. The highest BCUT2D eigenvalue weighted by Gasteiger charge is 2.43. The number of hydrogen-bond acceptors (Lipinski definition) is 3. The van der Waals surface area contributed by atoms with Crippen molar-refractivity contribution in [1.82, 2.24) is 4.90 Å². The molecule has 0 spiro atoms. The Balaban J connectivity index is 1.49. The van der Waals surface area contributed by atoms with Crippen LogP contribution in [0.2, 0.25) is 0 Å². The molecule has 2 aliphatic rings. The van der Waals surface area contributed by atoms with Crippen LogP contribution in [0.3, 0.4) is 0 Å². The molecule has 3 nitrogen and oxygen atoms in total. The number of unbranched alkanes of at least 4 members (excludes halogenated alkanes) is 2. The van der Waals surface area contributed by atoms with E-state index in [0.29, 0.717) is 11.8 Å². The van der Waals surface area contributed by atoms with Crippen LogP contribution in [0.1, 0.15) is 50.2 Å². The number of aliphatic hydroxyl groups is 2. The normalized spacial score (nSPS) is 28.7. The van der Waals surface area contributed by atoms with Crippen molar-refractivity contribution in [3.8, 4) is 0 Å². The summed E-state index contributed by atoms with van der Waals surface area (Å²) in [5.41, 5.74) is 2.49. The fraction of sp³-hybridized carbons (Fsp3) is 0.583. The summed E-state index contributed by atoms with van der Waals surface area (Å²) < 4.78 is 0. The van der Waals surface area contributed by atoms with Crippen molar-refractivity contribution in [1.29, 1.82) is 0 Å². The van der Waals surface area contributed by atoms with Crippen molar-refractivity contribution < 1.29 is 10.2 Å². The second-order valence-electron chi connectivity index (χ2n) is 8.59. The summed E-state index contributed by atoms with van der Waals surface area (Å²) in [7, 11) is 4.27. The molecule has 2 N–H and O–H groups in total. The molecule has 27 heavy (non-hydrogen) atoms. The van der Waals surface area contributed by atoms with E-state index in [4.69, 9.17) is 0 Å². The first kappa shape index (κ1) is 20.3. The summed E-state index contributed by atoms with van der Waals surface area (Å²) in [6, 6.07) is 9.72. The number of nitrogens with zero attached hydrogens (tertiary/aromatic N) is 1. The Bertz CT molecular complexity index is 637. The molecule has 1 aromatic carbocycles. The van der Waals surface area contributed by atoms with Gasteiger partial charge in [0.25, 0.3) is 0 Å². The molecule has 148 valence electrons. The third kappa shape index (κ3) is 5.54. The first-order valence-corrected chi connectivity index (χ1v) is 10.5. The Morgan fingerprint density at radius 3 is 2.67 bits per heavy atom. The lowest BCUT2D eigenvalue weighted by atomic mass is 9.88. The maximum Gasteiger partial charge on any atom is 0.0971 e. The van der Waals surface area contributed by atoms with Crippen LogP contribution in [0.4, 0.5) is 0 Å². The van der Waals surface area contributed by atoms with Crippen molar-refractivity contribution >= 4 is 0 Å². The predicted octanol–water partition coefficient (Wildman–Crippen LogP) is 4.34. The average molecular weight is 370 g/mol. The van der Waals surface area contributed by atoms with Gasteiger partial charge in [-0.25, -0.2) is 0 Å². The first-order valence-electron chi connectivity index (χ1n) is 10.5. The number of rotatable bonds is 9. The van der Waals surface area contributed by atoms with Crippen LogP contribution in [-0.4, -0.2) is 41.9 Å². The summed E-state index contributed by atoms with van der Waals surface area (Å²) in [6.07, 6.45) is 12.5. The maximum absolute atomic E-state index is 10.5. The lowest BCUT2D eigenvalue weighted by Gasteiger charge is -2.19. The SMILES string of the molecule is CN(C)CCCCCC1=C[C@H]2C[C@@H](O)[C@H](C=C[C@H](O)c3ccccc3)[C@H]2C1. The van der Waals surface area contributed by atoms with Crippen molar-refractivity contribution in [3.05, 3.63) is 59.7 Å². The Kier molecular flexibility index (Phi) is 7.28. The molecule has 2 aliphatic carbocycles. The number of hydrogen-bond donors (Lipinski definition) is 2. The molecule has 3 heteroatoms. The minimum atomic E-state index is -0.594. The van der Waals surface area contributed by atoms with E-state index in [-0.39, 0.29) is 12.0 Å². The number of allylic oxidation sites excluding steroid dienone is 2. The summed E-state index contributed by atoms with van der Waals surface area (Å²) in [6.45, 7) is 1.17. The van der Waals surface area contributed by atoms with Gasteiger partial charge in [-0.2, -0.15) is 0 Å². The van der Waals surface area contributed by atoms with Crippen LogP contribution in [0.15, 0.2) is 54.1 Å². The Hall–Kier alpha value is -1.42. The van der Waals surface area contributed by atoms with Gasteiger partial charge >= 0.3 is 0 Å². The van der Waals surface area contributed by atoms with Gasteiger partial charge in [0, 0.05) is 5.92 Å². The van der Waals surface area contributed by atoms with Crippen LogP contribution in [0.5, 0.6) is 0 Å². The number of aliphatic hydroxyl groups excluding tert-OH is 2. The van der Waals surface area contributed by atoms with Crippen LogP contribution in [0, 0.1) is 17.8 Å². The lowest BCUT2D eigenvalue weighted by Crippen LogP contribution is -2.17. The van der Waals surface area contributed by atoms with Crippen LogP contribution in [-0.2, 0) is 0 Å². The van der Waals surface area contributed by atoms with Gasteiger partial charge in [-0.1, -0.05) is 60.6 Å². The molecule has 5 atom stereocenters. The molecule has 3 rings (SSSR count). The fourth-order valence-electron chi connectivity index (χ4n) is 4.74.